The minimum Gasteiger partial charge on any atom is -0.493 e. The molecule has 0 saturated carbocycles. The van der Waals surface area contributed by atoms with Crippen LogP contribution >= 0.6 is 0 Å². The quantitative estimate of drug-likeness (QED) is 0.289. The van der Waals surface area contributed by atoms with Gasteiger partial charge in [-0.1, -0.05) is 13.0 Å². The molecule has 0 amide bonds. The van der Waals surface area contributed by atoms with Crippen LogP contribution in [0, 0.1) is 11.6 Å². The van der Waals surface area contributed by atoms with Gasteiger partial charge in [0.1, 0.15) is 35.8 Å². The third-order valence-corrected chi connectivity index (χ3v) is 6.87. The van der Waals surface area contributed by atoms with Crippen molar-refractivity contribution in [2.24, 2.45) is 0 Å². The standard InChI is InChI=1S/C28H31F2N9O2/c1-4-38-7-9-39(10-8-38)15-18-5-6-23(32-13-18)36-24-11-20(33-17-34-24)19-14-31-16-35-28(19)37-27-25(29)21(40-2)12-22(41-3)26(27)30/h5-6,11-14,16-17H,4,7-10,15H2,1-3H3,(H,31,35,37)(H,32,33,34,36). The van der Waals surface area contributed by atoms with Gasteiger partial charge >= 0.3 is 0 Å². The van der Waals surface area contributed by atoms with Crippen molar-refractivity contribution in [3.8, 4) is 22.8 Å². The van der Waals surface area contributed by atoms with Gasteiger partial charge in [0.2, 0.25) is 0 Å². The van der Waals surface area contributed by atoms with Crippen molar-refractivity contribution < 1.29 is 18.3 Å². The SMILES string of the molecule is CCN1CCN(Cc2ccc(Nc3cc(-c4cncnc4Nc4c(F)c(OC)cc(OC)c4F)ncn3)nc2)CC1. The van der Waals surface area contributed by atoms with Crippen molar-refractivity contribution >= 4 is 23.1 Å². The van der Waals surface area contributed by atoms with Gasteiger partial charge < -0.3 is 25.0 Å². The van der Waals surface area contributed by atoms with E-state index in [0.717, 1.165) is 50.9 Å². The molecule has 1 saturated heterocycles. The van der Waals surface area contributed by atoms with Crippen LogP contribution in [0.4, 0.5) is 31.9 Å². The van der Waals surface area contributed by atoms with Crippen molar-refractivity contribution in [1.82, 2.24) is 34.7 Å². The second kappa shape index (κ2) is 12.8. The third-order valence-electron chi connectivity index (χ3n) is 6.87. The van der Waals surface area contributed by atoms with Gasteiger partial charge in [-0.2, -0.15) is 0 Å². The molecule has 5 rings (SSSR count). The summed E-state index contributed by atoms with van der Waals surface area (Å²) < 4.78 is 40.0. The summed E-state index contributed by atoms with van der Waals surface area (Å²) in [5, 5.41) is 5.89. The highest BCUT2D eigenvalue weighted by Gasteiger charge is 2.22. The van der Waals surface area contributed by atoms with E-state index in [0.29, 0.717) is 22.9 Å². The Kier molecular flexibility index (Phi) is 8.75. The Bertz CT molecular complexity index is 1450. The van der Waals surface area contributed by atoms with Gasteiger partial charge in [-0.3, -0.25) is 4.90 Å². The smallest absolute Gasteiger partial charge is 0.191 e. The monoisotopic (exact) mass is 563 g/mol. The lowest BCUT2D eigenvalue weighted by molar-refractivity contribution is 0.132. The molecular formula is C28H31F2N9O2. The summed E-state index contributed by atoms with van der Waals surface area (Å²) in [6, 6.07) is 6.75. The van der Waals surface area contributed by atoms with E-state index in [-0.39, 0.29) is 17.3 Å². The molecule has 0 aliphatic carbocycles. The molecule has 0 spiro atoms. The van der Waals surface area contributed by atoms with Crippen molar-refractivity contribution in [2.75, 3.05) is 57.6 Å². The average molecular weight is 564 g/mol. The van der Waals surface area contributed by atoms with E-state index in [1.165, 1.54) is 33.1 Å². The molecule has 214 valence electrons. The highest BCUT2D eigenvalue weighted by atomic mass is 19.1. The summed E-state index contributed by atoms with van der Waals surface area (Å²) in [5.41, 5.74) is 1.47. The van der Waals surface area contributed by atoms with Gasteiger partial charge in [-0.05, 0) is 18.2 Å². The Balaban J connectivity index is 1.32. The highest BCUT2D eigenvalue weighted by Crippen LogP contribution is 2.37. The zero-order valence-electron chi connectivity index (χ0n) is 23.1. The fourth-order valence-corrected chi connectivity index (χ4v) is 4.55. The van der Waals surface area contributed by atoms with Crippen LogP contribution in [-0.2, 0) is 6.54 Å². The Morgan fingerprint density at radius 3 is 2.20 bits per heavy atom. The zero-order chi connectivity index (χ0) is 28.8. The molecule has 2 N–H and O–H groups in total. The first-order chi connectivity index (χ1) is 20.0. The van der Waals surface area contributed by atoms with E-state index < -0.39 is 17.3 Å². The molecule has 41 heavy (non-hydrogen) atoms. The van der Waals surface area contributed by atoms with E-state index in [1.807, 2.05) is 18.3 Å². The second-order valence-corrected chi connectivity index (χ2v) is 9.37. The number of nitrogens with zero attached hydrogens (tertiary/aromatic N) is 7. The van der Waals surface area contributed by atoms with Crippen molar-refractivity contribution in [2.45, 2.75) is 13.5 Å². The Hall–Kier alpha value is -4.49. The van der Waals surface area contributed by atoms with E-state index in [9.17, 15) is 8.78 Å². The minimum atomic E-state index is -0.932. The van der Waals surface area contributed by atoms with Crippen LogP contribution in [0.3, 0.4) is 0 Å². The molecule has 3 aromatic heterocycles. The van der Waals surface area contributed by atoms with Gasteiger partial charge in [0.25, 0.3) is 0 Å². The summed E-state index contributed by atoms with van der Waals surface area (Å²) in [6.45, 7) is 8.39. The number of hydrogen-bond acceptors (Lipinski definition) is 11. The molecule has 13 heteroatoms. The molecule has 4 heterocycles. The number of nitrogens with one attached hydrogen (secondary N) is 2. The van der Waals surface area contributed by atoms with Crippen LogP contribution in [0.1, 0.15) is 12.5 Å². The maximum absolute atomic E-state index is 15.0. The number of anilines is 4. The first-order valence-electron chi connectivity index (χ1n) is 13.1. The number of pyridine rings is 1. The first kappa shape index (κ1) is 28.1. The van der Waals surface area contributed by atoms with Crippen LogP contribution < -0.4 is 20.1 Å². The van der Waals surface area contributed by atoms with Crippen LogP contribution in [0.25, 0.3) is 11.3 Å². The molecule has 0 bridgehead atoms. The normalized spacial score (nSPS) is 14.1. The largest absolute Gasteiger partial charge is 0.493 e. The molecule has 1 fully saturated rings. The average Bonchev–Trinajstić information content (AvgIpc) is 3.01. The number of likely N-dealkylation sites (N-methyl/N-ethyl adjacent to an activating group) is 1. The molecule has 1 aliphatic heterocycles. The Labute approximate surface area is 236 Å². The summed E-state index contributed by atoms with van der Waals surface area (Å²) in [5.74, 6) is -1.03. The fourth-order valence-electron chi connectivity index (χ4n) is 4.55. The van der Waals surface area contributed by atoms with E-state index in [2.05, 4.69) is 52.3 Å². The summed E-state index contributed by atoms with van der Waals surface area (Å²) in [4.78, 5) is 26.3. The maximum Gasteiger partial charge on any atom is 0.191 e. The van der Waals surface area contributed by atoms with Gasteiger partial charge in [0.15, 0.2) is 23.1 Å². The molecular weight excluding hydrogens is 532 g/mol. The summed E-state index contributed by atoms with van der Waals surface area (Å²) in [6.07, 6.45) is 5.97. The number of aromatic nitrogens is 5. The van der Waals surface area contributed by atoms with Gasteiger partial charge in [0, 0.05) is 57.3 Å². The fraction of sp³-hybridized carbons (Fsp3) is 0.321. The number of piperazine rings is 1. The van der Waals surface area contributed by atoms with Gasteiger partial charge in [-0.25, -0.2) is 33.7 Å². The lowest BCUT2D eigenvalue weighted by atomic mass is 10.2. The maximum atomic E-state index is 15.0. The number of rotatable bonds is 10. The Morgan fingerprint density at radius 2 is 1.54 bits per heavy atom. The molecule has 4 aromatic rings. The van der Waals surface area contributed by atoms with Crippen LogP contribution in [0.2, 0.25) is 0 Å². The number of methoxy groups -OCH3 is 2. The molecule has 0 atom stereocenters. The van der Waals surface area contributed by atoms with E-state index in [1.54, 1.807) is 6.07 Å². The summed E-state index contributed by atoms with van der Waals surface area (Å²) >= 11 is 0. The number of benzene rings is 1. The second-order valence-electron chi connectivity index (χ2n) is 9.37. The molecule has 0 unspecified atom stereocenters. The Morgan fingerprint density at radius 1 is 0.805 bits per heavy atom. The highest BCUT2D eigenvalue weighted by molar-refractivity contribution is 5.78. The van der Waals surface area contributed by atoms with E-state index in [4.69, 9.17) is 9.47 Å². The van der Waals surface area contributed by atoms with Crippen LogP contribution in [0.5, 0.6) is 11.5 Å². The molecule has 0 radical (unpaired) electrons. The predicted octanol–water partition coefficient (Wildman–Crippen LogP) is 4.25. The van der Waals surface area contributed by atoms with Gasteiger partial charge in [-0.15, -0.1) is 0 Å². The number of halogens is 2. The van der Waals surface area contributed by atoms with Crippen molar-refractivity contribution in [3.05, 3.63) is 66.5 Å². The lowest BCUT2D eigenvalue weighted by Gasteiger charge is -2.33. The molecule has 11 nitrogen and oxygen atoms in total. The van der Waals surface area contributed by atoms with Crippen LogP contribution in [0.15, 0.2) is 49.3 Å². The van der Waals surface area contributed by atoms with Crippen molar-refractivity contribution in [1.29, 1.82) is 0 Å². The van der Waals surface area contributed by atoms with Crippen molar-refractivity contribution in [3.63, 3.8) is 0 Å². The predicted molar refractivity (Wildman–Crippen MR) is 151 cm³/mol. The van der Waals surface area contributed by atoms with E-state index >= 15 is 0 Å². The topological polar surface area (TPSA) is 113 Å². The molecule has 1 aliphatic rings. The van der Waals surface area contributed by atoms with Gasteiger partial charge in [0.05, 0.1) is 25.5 Å². The lowest BCUT2D eigenvalue weighted by Crippen LogP contribution is -2.45. The number of hydrogen-bond donors (Lipinski definition) is 2. The molecule has 1 aromatic carbocycles. The minimum absolute atomic E-state index is 0.125. The number of ether oxygens (including phenoxy) is 2. The third kappa shape index (κ3) is 6.47. The first-order valence-corrected chi connectivity index (χ1v) is 13.1. The van der Waals surface area contributed by atoms with Crippen LogP contribution in [-0.4, -0.2) is 81.7 Å². The summed E-state index contributed by atoms with van der Waals surface area (Å²) in [7, 11) is 2.56. The zero-order valence-corrected chi connectivity index (χ0v) is 23.1.